The second-order valence-corrected chi connectivity index (χ2v) is 2.49. The lowest BCUT2D eigenvalue weighted by Gasteiger charge is -2.10. The topological polar surface area (TPSA) is 30.3 Å². The lowest BCUT2D eigenvalue weighted by molar-refractivity contribution is -0.116. The maximum Gasteiger partial charge on any atom is 0.0575 e. The Morgan fingerprint density at radius 2 is 2.45 bits per heavy atom. The summed E-state index contributed by atoms with van der Waals surface area (Å²) >= 11 is 0. The van der Waals surface area contributed by atoms with Crippen molar-refractivity contribution in [3.8, 4) is 0 Å². The molecule has 0 spiro atoms. The molecule has 11 heavy (non-hydrogen) atoms. The average Bonchev–Trinajstić information content (AvgIpc) is 2.35. The van der Waals surface area contributed by atoms with Crippen LogP contribution in [0, 0.1) is 0 Å². The molecule has 0 radical (unpaired) electrons. The standard InChI is InChI=1S/C7H13N3O/c1-9-5-7(4-8-9)6-10(2)11-3/h4-5H,6H2,1-3H3. The van der Waals surface area contributed by atoms with Gasteiger partial charge in [0.1, 0.15) is 0 Å². The van der Waals surface area contributed by atoms with Crippen LogP contribution >= 0.6 is 0 Å². The van der Waals surface area contributed by atoms with Crippen LogP contribution in [0.3, 0.4) is 0 Å². The van der Waals surface area contributed by atoms with Gasteiger partial charge in [0.2, 0.25) is 0 Å². The van der Waals surface area contributed by atoms with Gasteiger partial charge in [-0.05, 0) is 0 Å². The lowest BCUT2D eigenvalue weighted by Crippen LogP contribution is -2.15. The Morgan fingerprint density at radius 1 is 1.73 bits per heavy atom. The molecule has 0 amide bonds. The smallest absolute Gasteiger partial charge is 0.0575 e. The number of hydrogen-bond donors (Lipinski definition) is 0. The van der Waals surface area contributed by atoms with E-state index in [2.05, 4.69) is 5.10 Å². The Bertz CT molecular complexity index is 221. The highest BCUT2D eigenvalue weighted by Gasteiger charge is 1.99. The molecule has 1 rings (SSSR count). The third-order valence-corrected chi connectivity index (χ3v) is 1.48. The molecular weight excluding hydrogens is 142 g/mol. The highest BCUT2D eigenvalue weighted by Crippen LogP contribution is 1.99. The normalized spacial score (nSPS) is 10.9. The number of hydroxylamine groups is 2. The van der Waals surface area contributed by atoms with Crippen molar-refractivity contribution in [1.29, 1.82) is 0 Å². The summed E-state index contributed by atoms with van der Waals surface area (Å²) in [5, 5.41) is 5.79. The van der Waals surface area contributed by atoms with E-state index in [1.165, 1.54) is 0 Å². The minimum Gasteiger partial charge on any atom is -0.302 e. The molecule has 1 aromatic rings. The second kappa shape index (κ2) is 3.50. The van der Waals surface area contributed by atoms with E-state index in [-0.39, 0.29) is 0 Å². The van der Waals surface area contributed by atoms with Gasteiger partial charge in [-0.25, -0.2) is 0 Å². The van der Waals surface area contributed by atoms with Crippen LogP contribution in [0.25, 0.3) is 0 Å². The first-order valence-electron chi connectivity index (χ1n) is 3.45. The Balaban J connectivity index is 2.50. The van der Waals surface area contributed by atoms with Crippen LogP contribution in [0.1, 0.15) is 5.56 Å². The lowest BCUT2D eigenvalue weighted by atomic mass is 10.4. The number of hydrogen-bond acceptors (Lipinski definition) is 3. The molecule has 0 bridgehead atoms. The van der Waals surface area contributed by atoms with Crippen molar-refractivity contribution >= 4 is 0 Å². The largest absolute Gasteiger partial charge is 0.302 e. The number of nitrogens with zero attached hydrogens (tertiary/aromatic N) is 3. The average molecular weight is 155 g/mol. The van der Waals surface area contributed by atoms with Gasteiger partial charge >= 0.3 is 0 Å². The Morgan fingerprint density at radius 3 is 2.91 bits per heavy atom. The van der Waals surface area contributed by atoms with Crippen molar-refractivity contribution in [2.45, 2.75) is 6.54 Å². The monoisotopic (exact) mass is 155 g/mol. The first-order chi connectivity index (χ1) is 5.22. The van der Waals surface area contributed by atoms with Gasteiger partial charge in [-0.1, -0.05) is 0 Å². The molecule has 0 aliphatic rings. The van der Waals surface area contributed by atoms with Gasteiger partial charge in [-0.15, -0.1) is 0 Å². The minimum absolute atomic E-state index is 0.768. The SMILES string of the molecule is CON(C)Cc1cnn(C)c1. The summed E-state index contributed by atoms with van der Waals surface area (Å²) in [5.74, 6) is 0. The Labute approximate surface area is 66.3 Å². The summed E-state index contributed by atoms with van der Waals surface area (Å²) in [6.45, 7) is 0.768. The van der Waals surface area contributed by atoms with Crippen molar-refractivity contribution in [2.24, 2.45) is 7.05 Å². The van der Waals surface area contributed by atoms with E-state index in [4.69, 9.17) is 4.84 Å². The van der Waals surface area contributed by atoms with Crippen molar-refractivity contribution in [2.75, 3.05) is 14.2 Å². The van der Waals surface area contributed by atoms with Gasteiger partial charge in [-0.2, -0.15) is 10.2 Å². The Kier molecular flexibility index (Phi) is 2.62. The van der Waals surface area contributed by atoms with E-state index in [0.717, 1.165) is 12.1 Å². The summed E-state index contributed by atoms with van der Waals surface area (Å²) < 4.78 is 1.78. The van der Waals surface area contributed by atoms with E-state index < -0.39 is 0 Å². The van der Waals surface area contributed by atoms with Crippen molar-refractivity contribution in [3.05, 3.63) is 18.0 Å². The quantitative estimate of drug-likeness (QED) is 0.592. The first-order valence-corrected chi connectivity index (χ1v) is 3.45. The van der Waals surface area contributed by atoms with E-state index in [9.17, 15) is 0 Å². The summed E-state index contributed by atoms with van der Waals surface area (Å²) in [6, 6.07) is 0. The summed E-state index contributed by atoms with van der Waals surface area (Å²) in [6.07, 6.45) is 3.80. The van der Waals surface area contributed by atoms with Crippen LogP contribution in [0.2, 0.25) is 0 Å². The van der Waals surface area contributed by atoms with Gasteiger partial charge in [0.05, 0.1) is 19.9 Å². The third-order valence-electron chi connectivity index (χ3n) is 1.48. The number of aromatic nitrogens is 2. The highest BCUT2D eigenvalue weighted by molar-refractivity contribution is 5.02. The molecular formula is C7H13N3O. The molecule has 4 nitrogen and oxygen atoms in total. The second-order valence-electron chi connectivity index (χ2n) is 2.49. The molecule has 1 heterocycles. The van der Waals surface area contributed by atoms with E-state index in [1.807, 2.05) is 26.5 Å². The zero-order valence-electron chi connectivity index (χ0n) is 7.11. The zero-order chi connectivity index (χ0) is 8.27. The van der Waals surface area contributed by atoms with Gasteiger partial charge in [0.15, 0.2) is 0 Å². The van der Waals surface area contributed by atoms with E-state index in [1.54, 1.807) is 16.9 Å². The molecule has 62 valence electrons. The fraction of sp³-hybridized carbons (Fsp3) is 0.571. The van der Waals surface area contributed by atoms with Gasteiger partial charge in [0.25, 0.3) is 0 Å². The van der Waals surface area contributed by atoms with Crippen LogP contribution in [-0.2, 0) is 18.4 Å². The maximum atomic E-state index is 4.96. The van der Waals surface area contributed by atoms with Crippen molar-refractivity contribution in [1.82, 2.24) is 14.8 Å². The minimum atomic E-state index is 0.768. The first kappa shape index (κ1) is 8.23. The van der Waals surface area contributed by atoms with E-state index >= 15 is 0 Å². The predicted molar refractivity (Wildman–Crippen MR) is 41.7 cm³/mol. The van der Waals surface area contributed by atoms with Crippen LogP contribution in [-0.4, -0.2) is 29.0 Å². The predicted octanol–water partition coefficient (Wildman–Crippen LogP) is 0.413. The molecule has 0 aliphatic carbocycles. The molecule has 0 aliphatic heterocycles. The summed E-state index contributed by atoms with van der Waals surface area (Å²) in [4.78, 5) is 4.96. The van der Waals surface area contributed by atoms with Crippen LogP contribution in [0.5, 0.6) is 0 Å². The van der Waals surface area contributed by atoms with Gasteiger partial charge < -0.3 is 4.84 Å². The summed E-state index contributed by atoms with van der Waals surface area (Å²) in [7, 11) is 5.43. The van der Waals surface area contributed by atoms with Crippen molar-refractivity contribution in [3.63, 3.8) is 0 Å². The molecule has 0 aromatic carbocycles. The Hall–Kier alpha value is -0.870. The summed E-state index contributed by atoms with van der Waals surface area (Å²) in [5.41, 5.74) is 1.15. The number of rotatable bonds is 3. The molecule has 0 unspecified atom stereocenters. The van der Waals surface area contributed by atoms with Gasteiger partial charge in [0, 0.05) is 25.9 Å². The van der Waals surface area contributed by atoms with Crippen LogP contribution in [0.15, 0.2) is 12.4 Å². The molecule has 0 saturated heterocycles. The molecule has 1 aromatic heterocycles. The molecule has 0 N–H and O–H groups in total. The fourth-order valence-electron chi connectivity index (χ4n) is 0.875. The highest BCUT2D eigenvalue weighted by atomic mass is 16.7. The van der Waals surface area contributed by atoms with Gasteiger partial charge in [-0.3, -0.25) is 4.68 Å². The number of aryl methyl sites for hydroxylation is 1. The molecule has 0 atom stereocenters. The van der Waals surface area contributed by atoms with E-state index in [0.29, 0.717) is 0 Å². The maximum absolute atomic E-state index is 4.96. The van der Waals surface area contributed by atoms with Crippen LogP contribution < -0.4 is 0 Å². The molecule has 4 heteroatoms. The van der Waals surface area contributed by atoms with Crippen LogP contribution in [0.4, 0.5) is 0 Å². The fourth-order valence-corrected chi connectivity index (χ4v) is 0.875. The zero-order valence-corrected chi connectivity index (χ0v) is 7.11. The third kappa shape index (κ3) is 2.32. The molecule has 0 saturated carbocycles. The van der Waals surface area contributed by atoms with Crippen molar-refractivity contribution < 1.29 is 4.84 Å². The molecule has 0 fully saturated rings.